The molecule has 15 heavy (non-hydrogen) atoms. The molecule has 0 fully saturated rings. The highest BCUT2D eigenvalue weighted by atomic mass is 15.1. The van der Waals surface area contributed by atoms with Gasteiger partial charge in [0, 0.05) is 18.6 Å². The zero-order chi connectivity index (χ0) is 10.7. The second-order valence-electron chi connectivity index (χ2n) is 3.44. The van der Waals surface area contributed by atoms with Crippen LogP contribution in [0.1, 0.15) is 17.1 Å². The molecular weight excluding hydrogens is 188 g/mol. The third kappa shape index (κ3) is 2.05. The number of nitrogens with two attached hydrogens (primary N) is 1. The molecule has 0 bridgehead atoms. The summed E-state index contributed by atoms with van der Waals surface area (Å²) in [4.78, 5) is 8.51. The molecule has 0 saturated heterocycles. The van der Waals surface area contributed by atoms with Gasteiger partial charge in [0.05, 0.1) is 18.8 Å². The fraction of sp³-hybridized carbons (Fsp3) is 0.273. The van der Waals surface area contributed by atoms with Crippen LogP contribution < -0.4 is 5.73 Å². The van der Waals surface area contributed by atoms with E-state index in [1.54, 1.807) is 12.4 Å². The summed E-state index contributed by atoms with van der Waals surface area (Å²) in [6, 6.07) is 4.00. The van der Waals surface area contributed by atoms with Crippen molar-refractivity contribution >= 4 is 0 Å². The molecule has 4 nitrogen and oxygen atoms in total. The minimum absolute atomic E-state index is 0.457. The summed E-state index contributed by atoms with van der Waals surface area (Å²) in [5, 5.41) is 0. The largest absolute Gasteiger partial charge is 0.328 e. The average Bonchev–Trinajstić information content (AvgIpc) is 2.69. The van der Waals surface area contributed by atoms with Gasteiger partial charge in [-0.2, -0.15) is 0 Å². The van der Waals surface area contributed by atoms with Crippen LogP contribution in [0.2, 0.25) is 0 Å². The third-order valence-electron chi connectivity index (χ3n) is 2.42. The zero-order valence-electron chi connectivity index (χ0n) is 8.72. The van der Waals surface area contributed by atoms with E-state index in [1.165, 1.54) is 5.56 Å². The molecule has 0 radical (unpaired) electrons. The maximum absolute atomic E-state index is 5.58. The van der Waals surface area contributed by atoms with E-state index in [9.17, 15) is 0 Å². The van der Waals surface area contributed by atoms with Crippen LogP contribution in [0, 0.1) is 6.92 Å². The first-order chi connectivity index (χ1) is 7.31. The molecule has 2 heterocycles. The first-order valence-corrected chi connectivity index (χ1v) is 4.92. The Bertz CT molecular complexity index is 447. The lowest BCUT2D eigenvalue weighted by Crippen LogP contribution is -2.10. The predicted octanol–water partition coefficient (Wildman–Crippen LogP) is 1.09. The standard InChI is InChI=1S/C11H14N4/c1-9-3-2-4-13-10(9)8-15-6-5-14-11(15)7-12/h2-6H,7-8,12H2,1H3. The Hall–Kier alpha value is -1.68. The van der Waals surface area contributed by atoms with E-state index >= 15 is 0 Å². The highest BCUT2D eigenvalue weighted by Gasteiger charge is 2.03. The van der Waals surface area contributed by atoms with E-state index in [2.05, 4.69) is 23.0 Å². The maximum atomic E-state index is 5.58. The van der Waals surface area contributed by atoms with Crippen LogP contribution in [0.25, 0.3) is 0 Å². The van der Waals surface area contributed by atoms with Crippen LogP contribution in [0.4, 0.5) is 0 Å². The minimum atomic E-state index is 0.457. The van der Waals surface area contributed by atoms with E-state index in [4.69, 9.17) is 5.73 Å². The molecule has 0 saturated carbocycles. The number of hydrogen-bond donors (Lipinski definition) is 1. The highest BCUT2D eigenvalue weighted by molar-refractivity contribution is 5.18. The lowest BCUT2D eigenvalue weighted by Gasteiger charge is -2.07. The van der Waals surface area contributed by atoms with Crippen molar-refractivity contribution < 1.29 is 0 Å². The number of pyridine rings is 1. The molecule has 0 aliphatic rings. The first kappa shape index (κ1) is 9.86. The summed E-state index contributed by atoms with van der Waals surface area (Å²) in [5.41, 5.74) is 7.83. The molecule has 0 aliphatic carbocycles. The van der Waals surface area contributed by atoms with Crippen LogP contribution in [-0.2, 0) is 13.1 Å². The number of rotatable bonds is 3. The number of imidazole rings is 1. The zero-order valence-corrected chi connectivity index (χ0v) is 8.72. The molecule has 2 aromatic rings. The van der Waals surface area contributed by atoms with Crippen LogP contribution in [0.5, 0.6) is 0 Å². The Morgan fingerprint density at radius 2 is 2.20 bits per heavy atom. The van der Waals surface area contributed by atoms with Crippen molar-refractivity contribution in [2.75, 3.05) is 0 Å². The van der Waals surface area contributed by atoms with Crippen LogP contribution >= 0.6 is 0 Å². The predicted molar refractivity (Wildman–Crippen MR) is 58.2 cm³/mol. The van der Waals surface area contributed by atoms with Crippen molar-refractivity contribution in [2.24, 2.45) is 5.73 Å². The van der Waals surface area contributed by atoms with Crippen LogP contribution in [0.3, 0.4) is 0 Å². The molecule has 2 aromatic heterocycles. The molecule has 2 rings (SSSR count). The molecule has 0 amide bonds. The van der Waals surface area contributed by atoms with Gasteiger partial charge in [0.15, 0.2) is 0 Å². The molecule has 78 valence electrons. The van der Waals surface area contributed by atoms with Gasteiger partial charge in [-0.3, -0.25) is 4.98 Å². The second kappa shape index (κ2) is 4.23. The van der Waals surface area contributed by atoms with Crippen molar-refractivity contribution in [3.8, 4) is 0 Å². The van der Waals surface area contributed by atoms with Gasteiger partial charge in [0.1, 0.15) is 5.82 Å². The number of hydrogen-bond acceptors (Lipinski definition) is 3. The van der Waals surface area contributed by atoms with E-state index < -0.39 is 0 Å². The Kier molecular flexibility index (Phi) is 2.78. The van der Waals surface area contributed by atoms with Crippen molar-refractivity contribution in [1.29, 1.82) is 0 Å². The molecule has 0 spiro atoms. The van der Waals surface area contributed by atoms with Crippen molar-refractivity contribution in [3.63, 3.8) is 0 Å². The SMILES string of the molecule is Cc1cccnc1Cn1ccnc1CN. The summed E-state index contributed by atoms with van der Waals surface area (Å²) < 4.78 is 2.02. The van der Waals surface area contributed by atoms with Crippen molar-refractivity contribution in [2.45, 2.75) is 20.0 Å². The quantitative estimate of drug-likeness (QED) is 0.810. The smallest absolute Gasteiger partial charge is 0.122 e. The summed E-state index contributed by atoms with van der Waals surface area (Å²) >= 11 is 0. The fourth-order valence-electron chi connectivity index (χ4n) is 1.52. The summed E-state index contributed by atoms with van der Waals surface area (Å²) in [5.74, 6) is 0.889. The maximum Gasteiger partial charge on any atom is 0.122 e. The molecule has 0 atom stereocenters. The average molecular weight is 202 g/mol. The number of nitrogens with zero attached hydrogens (tertiary/aromatic N) is 3. The highest BCUT2D eigenvalue weighted by Crippen LogP contribution is 2.07. The normalized spacial score (nSPS) is 10.5. The molecule has 0 unspecified atom stereocenters. The molecule has 2 N–H and O–H groups in total. The molecular formula is C11H14N4. The summed E-state index contributed by atoms with van der Waals surface area (Å²) in [6.07, 6.45) is 5.50. The lowest BCUT2D eigenvalue weighted by atomic mass is 10.2. The Balaban J connectivity index is 2.26. The Morgan fingerprint density at radius 1 is 1.33 bits per heavy atom. The van der Waals surface area contributed by atoms with E-state index in [0.717, 1.165) is 18.1 Å². The summed E-state index contributed by atoms with van der Waals surface area (Å²) in [7, 11) is 0. The van der Waals surface area contributed by atoms with Gasteiger partial charge in [-0.05, 0) is 18.6 Å². The van der Waals surface area contributed by atoms with Gasteiger partial charge in [-0.1, -0.05) is 6.07 Å². The lowest BCUT2D eigenvalue weighted by molar-refractivity contribution is 0.706. The van der Waals surface area contributed by atoms with E-state index in [-0.39, 0.29) is 0 Å². The minimum Gasteiger partial charge on any atom is -0.328 e. The van der Waals surface area contributed by atoms with E-state index in [0.29, 0.717) is 6.54 Å². The third-order valence-corrected chi connectivity index (χ3v) is 2.42. The number of aromatic nitrogens is 3. The van der Waals surface area contributed by atoms with Crippen molar-refractivity contribution in [3.05, 3.63) is 47.8 Å². The Morgan fingerprint density at radius 3 is 2.93 bits per heavy atom. The fourth-order valence-corrected chi connectivity index (χ4v) is 1.52. The van der Waals surface area contributed by atoms with Gasteiger partial charge in [-0.15, -0.1) is 0 Å². The van der Waals surface area contributed by atoms with Crippen LogP contribution in [-0.4, -0.2) is 14.5 Å². The van der Waals surface area contributed by atoms with Gasteiger partial charge >= 0.3 is 0 Å². The monoisotopic (exact) mass is 202 g/mol. The molecule has 0 aromatic carbocycles. The molecule has 0 aliphatic heterocycles. The summed E-state index contributed by atoms with van der Waals surface area (Å²) in [6.45, 7) is 3.25. The van der Waals surface area contributed by atoms with Gasteiger partial charge in [0.25, 0.3) is 0 Å². The topological polar surface area (TPSA) is 56.7 Å². The van der Waals surface area contributed by atoms with Gasteiger partial charge in [-0.25, -0.2) is 4.98 Å². The van der Waals surface area contributed by atoms with Gasteiger partial charge < -0.3 is 10.3 Å². The van der Waals surface area contributed by atoms with Gasteiger partial charge in [0.2, 0.25) is 0 Å². The Labute approximate surface area is 88.8 Å². The molecule has 4 heteroatoms. The first-order valence-electron chi connectivity index (χ1n) is 4.92. The second-order valence-corrected chi connectivity index (χ2v) is 3.44. The van der Waals surface area contributed by atoms with Crippen LogP contribution in [0.15, 0.2) is 30.7 Å². The number of aryl methyl sites for hydroxylation is 1. The van der Waals surface area contributed by atoms with E-state index in [1.807, 2.05) is 16.8 Å². The van der Waals surface area contributed by atoms with Crippen molar-refractivity contribution in [1.82, 2.24) is 14.5 Å².